The quantitative estimate of drug-likeness (QED) is 0.0746. The average molecular weight is 477 g/mol. The second-order valence-electron chi connectivity index (χ2n) is 9.33. The number of hydrogen-bond donors (Lipinski definition) is 0. The van der Waals surface area contributed by atoms with Gasteiger partial charge in [-0.15, -0.1) is 0 Å². The maximum atomic E-state index is 11.6. The summed E-state index contributed by atoms with van der Waals surface area (Å²) < 4.78 is 10.3. The molecule has 0 aliphatic carbocycles. The molecule has 0 rings (SSSR count). The Labute approximate surface area is 212 Å². The normalized spacial score (nSPS) is 11.8. The van der Waals surface area contributed by atoms with Gasteiger partial charge in [0.1, 0.15) is 0 Å². The number of allylic oxidation sites excluding steroid dienone is 6. The summed E-state index contributed by atoms with van der Waals surface area (Å²) in [7, 11) is 0. The molecular weight excluding hydrogens is 420 g/mol. The summed E-state index contributed by atoms with van der Waals surface area (Å²) >= 11 is 0. The van der Waals surface area contributed by atoms with Crippen molar-refractivity contribution in [3.63, 3.8) is 0 Å². The summed E-state index contributed by atoms with van der Waals surface area (Å²) in [6.07, 6.45) is 37.3. The summed E-state index contributed by atoms with van der Waals surface area (Å²) in [4.78, 5) is 11.6. The van der Waals surface area contributed by atoms with Crippen LogP contribution in [0, 0.1) is 0 Å². The van der Waals surface area contributed by atoms with E-state index in [1.54, 1.807) is 0 Å². The Morgan fingerprint density at radius 3 is 1.41 bits per heavy atom. The van der Waals surface area contributed by atoms with Gasteiger partial charge in [-0.05, 0) is 44.9 Å². The third-order valence-corrected chi connectivity index (χ3v) is 5.98. The van der Waals surface area contributed by atoms with Crippen molar-refractivity contribution >= 4 is 6.16 Å². The number of carbonyl (C=O) groups is 1. The fourth-order valence-corrected chi connectivity index (χ4v) is 3.84. The van der Waals surface area contributed by atoms with Gasteiger partial charge in [0.05, 0.1) is 13.2 Å². The van der Waals surface area contributed by atoms with Crippen LogP contribution in [0.5, 0.6) is 0 Å². The zero-order chi connectivity index (χ0) is 24.8. The highest BCUT2D eigenvalue weighted by Crippen LogP contribution is 2.11. The fourth-order valence-electron chi connectivity index (χ4n) is 3.84. The van der Waals surface area contributed by atoms with Crippen molar-refractivity contribution in [3.05, 3.63) is 36.5 Å². The van der Waals surface area contributed by atoms with Gasteiger partial charge in [0.15, 0.2) is 0 Å². The number of carbonyl (C=O) groups excluding carboxylic acids is 1. The topological polar surface area (TPSA) is 35.5 Å². The Bertz CT molecular complexity index is 493. The standard InChI is InChI=1S/C31H56O3/c1-3-5-7-9-11-13-15-16-17-18-19-20-22-24-26-28-30-34-31(32)33-29-27-25-23-21-14-12-10-8-6-4-2/h5,7,11,13,16-17H,3-4,6,8-10,12,14-15,18-30H2,1-2H3/b7-5-,13-11-,17-16-. The first-order valence-corrected chi connectivity index (χ1v) is 14.6. The van der Waals surface area contributed by atoms with Gasteiger partial charge in [-0.1, -0.05) is 134 Å². The van der Waals surface area contributed by atoms with E-state index in [1.807, 2.05) is 0 Å². The van der Waals surface area contributed by atoms with Crippen LogP contribution in [0.2, 0.25) is 0 Å². The Morgan fingerprint density at radius 1 is 0.500 bits per heavy atom. The SMILES string of the molecule is CC/C=C\C/C=C\C/C=C\CCCCCCCCOC(=O)OCCCCCCCCCCCC. The summed E-state index contributed by atoms with van der Waals surface area (Å²) in [6.45, 7) is 5.41. The first kappa shape index (κ1) is 32.5. The van der Waals surface area contributed by atoms with Crippen LogP contribution in [0.1, 0.15) is 142 Å². The van der Waals surface area contributed by atoms with Gasteiger partial charge >= 0.3 is 6.16 Å². The Balaban J connectivity index is 3.25. The molecule has 0 amide bonds. The van der Waals surface area contributed by atoms with Crippen LogP contribution in [0.25, 0.3) is 0 Å². The predicted octanol–water partition coefficient (Wildman–Crippen LogP) is 10.6. The number of unbranched alkanes of at least 4 members (excludes halogenated alkanes) is 15. The highest BCUT2D eigenvalue weighted by molar-refractivity contribution is 5.59. The molecule has 0 unspecified atom stereocenters. The molecule has 0 N–H and O–H groups in total. The minimum absolute atomic E-state index is 0.487. The summed E-state index contributed by atoms with van der Waals surface area (Å²) in [5, 5.41) is 0. The minimum atomic E-state index is -0.491. The van der Waals surface area contributed by atoms with Crippen molar-refractivity contribution in [1.82, 2.24) is 0 Å². The zero-order valence-corrected chi connectivity index (χ0v) is 22.7. The van der Waals surface area contributed by atoms with E-state index in [0.29, 0.717) is 13.2 Å². The molecule has 3 nitrogen and oxygen atoms in total. The molecule has 0 spiro atoms. The Kier molecular flexibility index (Phi) is 28.2. The van der Waals surface area contributed by atoms with Crippen LogP contribution < -0.4 is 0 Å². The van der Waals surface area contributed by atoms with Crippen molar-refractivity contribution in [3.8, 4) is 0 Å². The predicted molar refractivity (Wildman–Crippen MR) is 148 cm³/mol. The highest BCUT2D eigenvalue weighted by Gasteiger charge is 2.03. The average Bonchev–Trinajstić information content (AvgIpc) is 2.84. The first-order valence-electron chi connectivity index (χ1n) is 14.6. The van der Waals surface area contributed by atoms with Crippen LogP contribution in [-0.2, 0) is 9.47 Å². The molecule has 0 atom stereocenters. The van der Waals surface area contributed by atoms with Crippen molar-refractivity contribution in [2.75, 3.05) is 13.2 Å². The molecule has 0 radical (unpaired) electrons. The second kappa shape index (κ2) is 29.5. The van der Waals surface area contributed by atoms with E-state index in [1.165, 1.54) is 83.5 Å². The molecule has 198 valence electrons. The molecule has 34 heavy (non-hydrogen) atoms. The second-order valence-corrected chi connectivity index (χ2v) is 9.33. The molecule has 0 fully saturated rings. The van der Waals surface area contributed by atoms with Crippen LogP contribution in [0.3, 0.4) is 0 Å². The largest absolute Gasteiger partial charge is 0.508 e. The van der Waals surface area contributed by atoms with E-state index < -0.39 is 6.16 Å². The molecule has 3 heteroatoms. The maximum Gasteiger partial charge on any atom is 0.508 e. The minimum Gasteiger partial charge on any atom is -0.434 e. The third-order valence-electron chi connectivity index (χ3n) is 5.98. The molecule has 0 aliphatic heterocycles. The van der Waals surface area contributed by atoms with Crippen molar-refractivity contribution in [1.29, 1.82) is 0 Å². The third kappa shape index (κ3) is 28.5. The summed E-state index contributed by atoms with van der Waals surface area (Å²) in [5.41, 5.74) is 0. The van der Waals surface area contributed by atoms with Gasteiger partial charge in [0.2, 0.25) is 0 Å². The van der Waals surface area contributed by atoms with E-state index >= 15 is 0 Å². The molecule has 0 aromatic rings. The van der Waals surface area contributed by atoms with Gasteiger partial charge in [-0.25, -0.2) is 4.79 Å². The van der Waals surface area contributed by atoms with Crippen LogP contribution in [0.15, 0.2) is 36.5 Å². The van der Waals surface area contributed by atoms with E-state index in [9.17, 15) is 4.79 Å². The highest BCUT2D eigenvalue weighted by atomic mass is 16.7. The molecule has 0 saturated carbocycles. The molecular formula is C31H56O3. The van der Waals surface area contributed by atoms with Gasteiger partial charge in [0.25, 0.3) is 0 Å². The van der Waals surface area contributed by atoms with E-state index in [4.69, 9.17) is 9.47 Å². The van der Waals surface area contributed by atoms with Gasteiger partial charge in [-0.2, -0.15) is 0 Å². The van der Waals surface area contributed by atoms with Crippen molar-refractivity contribution in [2.24, 2.45) is 0 Å². The smallest absolute Gasteiger partial charge is 0.434 e. The number of hydrogen-bond acceptors (Lipinski definition) is 3. The lowest BCUT2D eigenvalue weighted by molar-refractivity contribution is 0.0529. The Hall–Kier alpha value is -1.51. The Morgan fingerprint density at radius 2 is 0.912 bits per heavy atom. The van der Waals surface area contributed by atoms with E-state index in [0.717, 1.165) is 44.9 Å². The van der Waals surface area contributed by atoms with Gasteiger partial charge in [0, 0.05) is 0 Å². The van der Waals surface area contributed by atoms with Crippen LogP contribution >= 0.6 is 0 Å². The van der Waals surface area contributed by atoms with Crippen molar-refractivity contribution < 1.29 is 14.3 Å². The van der Waals surface area contributed by atoms with E-state index in [-0.39, 0.29) is 0 Å². The first-order chi connectivity index (χ1) is 16.8. The van der Waals surface area contributed by atoms with Crippen LogP contribution in [0.4, 0.5) is 4.79 Å². The molecule has 0 aliphatic rings. The maximum absolute atomic E-state index is 11.6. The van der Waals surface area contributed by atoms with E-state index in [2.05, 4.69) is 50.3 Å². The van der Waals surface area contributed by atoms with Crippen LogP contribution in [-0.4, -0.2) is 19.4 Å². The molecule has 0 aromatic heterocycles. The molecule has 0 saturated heterocycles. The molecule has 0 heterocycles. The monoisotopic (exact) mass is 476 g/mol. The lowest BCUT2D eigenvalue weighted by Gasteiger charge is -2.06. The summed E-state index contributed by atoms with van der Waals surface area (Å²) in [6, 6.07) is 0. The van der Waals surface area contributed by atoms with Gasteiger partial charge < -0.3 is 9.47 Å². The lowest BCUT2D eigenvalue weighted by atomic mass is 10.1. The van der Waals surface area contributed by atoms with Gasteiger partial charge in [-0.3, -0.25) is 0 Å². The summed E-state index contributed by atoms with van der Waals surface area (Å²) in [5.74, 6) is 0. The molecule has 0 aromatic carbocycles. The fraction of sp³-hybridized carbons (Fsp3) is 0.774. The number of rotatable bonds is 25. The number of ether oxygens (including phenoxy) is 2. The lowest BCUT2D eigenvalue weighted by Crippen LogP contribution is -2.09. The van der Waals surface area contributed by atoms with Crippen molar-refractivity contribution in [2.45, 2.75) is 142 Å². The molecule has 0 bridgehead atoms. The zero-order valence-electron chi connectivity index (χ0n) is 22.7.